The maximum atomic E-state index is 13.5. The summed E-state index contributed by atoms with van der Waals surface area (Å²) in [6.45, 7) is 2.61. The highest BCUT2D eigenvalue weighted by atomic mass is 35.5. The number of aryl methyl sites for hydroxylation is 1. The second kappa shape index (κ2) is 12.3. The average Bonchev–Trinajstić information content (AvgIpc) is 3.30. The largest absolute Gasteiger partial charge is 0.493 e. The van der Waals surface area contributed by atoms with Gasteiger partial charge >= 0.3 is 6.09 Å². The highest BCUT2D eigenvalue weighted by Crippen LogP contribution is 2.45. The van der Waals surface area contributed by atoms with Crippen LogP contribution in [0.2, 0.25) is 0 Å². The molecule has 1 aliphatic carbocycles. The van der Waals surface area contributed by atoms with Crippen LogP contribution in [0, 0.1) is 12.8 Å². The average molecular weight is 600 g/mol. The van der Waals surface area contributed by atoms with Gasteiger partial charge in [0.2, 0.25) is 10.0 Å². The lowest BCUT2D eigenvalue weighted by molar-refractivity contribution is 0.134. The number of aliphatic hydroxyl groups is 1. The van der Waals surface area contributed by atoms with E-state index in [1.807, 2.05) is 49.4 Å². The first-order chi connectivity index (χ1) is 19.6. The Hall–Kier alpha value is -3.31. The predicted molar refractivity (Wildman–Crippen MR) is 157 cm³/mol. The number of aliphatic hydroxyl groups excluding tert-OH is 1. The van der Waals surface area contributed by atoms with Crippen molar-refractivity contribution in [2.24, 2.45) is 5.92 Å². The van der Waals surface area contributed by atoms with E-state index >= 15 is 0 Å². The molecule has 0 saturated heterocycles. The molecule has 0 saturated carbocycles. The molecule has 0 spiro atoms. The van der Waals surface area contributed by atoms with Gasteiger partial charge in [-0.3, -0.25) is 4.90 Å². The third-order valence-corrected chi connectivity index (χ3v) is 8.37. The molecule has 0 bridgehead atoms. The summed E-state index contributed by atoms with van der Waals surface area (Å²) >= 11 is 6.34. The number of benzene rings is 2. The van der Waals surface area contributed by atoms with Crippen molar-refractivity contribution in [3.63, 3.8) is 0 Å². The minimum absolute atomic E-state index is 0.0701. The van der Waals surface area contributed by atoms with Crippen LogP contribution >= 0.6 is 11.6 Å². The molecule has 11 heteroatoms. The van der Waals surface area contributed by atoms with E-state index in [1.54, 1.807) is 17.0 Å². The second-order valence-electron chi connectivity index (χ2n) is 10.6. The number of allylic oxidation sites excluding steroid dienone is 2. The highest BCUT2D eigenvalue weighted by Gasteiger charge is 2.43. The lowest BCUT2D eigenvalue weighted by Gasteiger charge is -2.37. The molecule has 3 unspecified atom stereocenters. The molecule has 3 aliphatic rings. The molecule has 218 valence electrons. The van der Waals surface area contributed by atoms with Crippen molar-refractivity contribution in [1.82, 2.24) is 14.9 Å². The molecule has 5 rings (SSSR count). The van der Waals surface area contributed by atoms with Crippen LogP contribution in [0.5, 0.6) is 11.5 Å². The second-order valence-corrected chi connectivity index (χ2v) is 12.8. The van der Waals surface area contributed by atoms with Gasteiger partial charge in [0.25, 0.3) is 0 Å². The topological polar surface area (TPSA) is 117 Å². The van der Waals surface area contributed by atoms with Gasteiger partial charge in [0.15, 0.2) is 0 Å². The van der Waals surface area contributed by atoms with Gasteiger partial charge in [-0.05, 0) is 54.8 Å². The molecule has 41 heavy (non-hydrogen) atoms. The monoisotopic (exact) mass is 599 g/mol. The third kappa shape index (κ3) is 7.13. The van der Waals surface area contributed by atoms with E-state index in [1.165, 1.54) is 5.57 Å². The Kier molecular flexibility index (Phi) is 8.74. The number of carbonyl (C=O) groups is 1. The molecule has 0 aromatic heterocycles. The van der Waals surface area contributed by atoms with Crippen LogP contribution in [0.1, 0.15) is 30.0 Å². The molecule has 0 radical (unpaired) electrons. The van der Waals surface area contributed by atoms with Crippen molar-refractivity contribution in [2.75, 3.05) is 26.0 Å². The Balaban J connectivity index is 1.33. The number of ether oxygens (including phenoxy) is 2. The predicted octanol–water partition coefficient (Wildman–Crippen LogP) is 4.15. The Morgan fingerprint density at radius 3 is 2.59 bits per heavy atom. The van der Waals surface area contributed by atoms with Gasteiger partial charge in [-0.2, -0.15) is 0 Å². The van der Waals surface area contributed by atoms with Crippen molar-refractivity contribution in [1.29, 1.82) is 0 Å². The molecule has 2 aromatic carbocycles. The summed E-state index contributed by atoms with van der Waals surface area (Å²) in [6, 6.07) is 14.6. The zero-order valence-corrected chi connectivity index (χ0v) is 24.5. The van der Waals surface area contributed by atoms with Gasteiger partial charge in [-0.1, -0.05) is 53.6 Å². The van der Waals surface area contributed by atoms with E-state index in [0.717, 1.165) is 23.1 Å². The molecule has 1 amide bonds. The summed E-state index contributed by atoms with van der Waals surface area (Å²) in [6.07, 6.45) is 6.75. The number of carbonyl (C=O) groups excluding carboxylic acids is 1. The zero-order chi connectivity index (χ0) is 29.1. The maximum absolute atomic E-state index is 13.5. The molecule has 0 fully saturated rings. The van der Waals surface area contributed by atoms with Gasteiger partial charge in [-0.15, -0.1) is 0 Å². The first kappa shape index (κ1) is 29.2. The Bertz CT molecular complexity index is 1470. The first-order valence-corrected chi connectivity index (χ1v) is 15.8. The number of nitrogens with zero attached hydrogens (tertiary/aromatic N) is 1. The van der Waals surface area contributed by atoms with Crippen molar-refractivity contribution in [2.45, 2.75) is 38.0 Å². The first-order valence-electron chi connectivity index (χ1n) is 13.5. The van der Waals surface area contributed by atoms with E-state index in [4.69, 9.17) is 21.1 Å². The summed E-state index contributed by atoms with van der Waals surface area (Å²) in [5, 5.41) is 14.4. The SMILES string of the molecule is Cc1ccc(OC(=O)N2CCC3=C(NC4C=CC(Cl)=CC34)[C@@H]2c2ccc(OCCC(O)CNS(C)(=O)=O)cc2)cc1. The minimum Gasteiger partial charge on any atom is -0.493 e. The van der Waals surface area contributed by atoms with Gasteiger partial charge in [0.1, 0.15) is 17.5 Å². The van der Waals surface area contributed by atoms with E-state index < -0.39 is 22.2 Å². The van der Waals surface area contributed by atoms with Crippen LogP contribution in [-0.4, -0.2) is 62.6 Å². The minimum atomic E-state index is -3.37. The fraction of sp³-hybridized carbons (Fsp3) is 0.367. The number of nitrogens with one attached hydrogen (secondary N) is 2. The van der Waals surface area contributed by atoms with E-state index in [-0.39, 0.29) is 37.6 Å². The molecule has 2 aromatic rings. The summed E-state index contributed by atoms with van der Waals surface area (Å²) in [5.41, 5.74) is 4.19. The molecular formula is C30H34ClN3O6S. The number of fused-ring (bicyclic) bond motifs is 2. The van der Waals surface area contributed by atoms with Crippen LogP contribution in [0.3, 0.4) is 0 Å². The number of sulfonamides is 1. The summed E-state index contributed by atoms with van der Waals surface area (Å²) in [5.74, 6) is 1.22. The fourth-order valence-corrected chi connectivity index (χ4v) is 6.06. The van der Waals surface area contributed by atoms with Gasteiger partial charge < -0.3 is 19.9 Å². The molecule has 9 nitrogen and oxygen atoms in total. The smallest absolute Gasteiger partial charge is 0.416 e. The number of amides is 1. The van der Waals surface area contributed by atoms with E-state index in [9.17, 15) is 18.3 Å². The lowest BCUT2D eigenvalue weighted by Crippen LogP contribution is -2.43. The van der Waals surface area contributed by atoms with Crippen LogP contribution in [0.4, 0.5) is 4.79 Å². The van der Waals surface area contributed by atoms with E-state index in [0.29, 0.717) is 29.5 Å². The molecule has 2 heterocycles. The molecule has 2 aliphatic heterocycles. The zero-order valence-electron chi connectivity index (χ0n) is 22.9. The van der Waals surface area contributed by atoms with Crippen molar-refractivity contribution in [3.8, 4) is 11.5 Å². The van der Waals surface area contributed by atoms with Crippen LogP contribution < -0.4 is 19.5 Å². The summed E-state index contributed by atoms with van der Waals surface area (Å²) in [4.78, 5) is 15.2. The van der Waals surface area contributed by atoms with Crippen molar-refractivity contribution in [3.05, 3.63) is 94.2 Å². The van der Waals surface area contributed by atoms with Crippen molar-refractivity contribution >= 4 is 27.7 Å². The maximum Gasteiger partial charge on any atom is 0.416 e. The van der Waals surface area contributed by atoms with Crippen LogP contribution in [-0.2, 0) is 10.0 Å². The molecular weight excluding hydrogens is 566 g/mol. The highest BCUT2D eigenvalue weighted by molar-refractivity contribution is 7.88. The lowest BCUT2D eigenvalue weighted by atomic mass is 9.85. The Labute approximate surface area is 245 Å². The number of halogens is 1. The Morgan fingerprint density at radius 2 is 1.88 bits per heavy atom. The van der Waals surface area contributed by atoms with Gasteiger partial charge in [-0.25, -0.2) is 17.9 Å². The normalized spacial score (nSPS) is 22.4. The van der Waals surface area contributed by atoms with Crippen LogP contribution in [0.25, 0.3) is 0 Å². The Morgan fingerprint density at radius 1 is 1.17 bits per heavy atom. The standard InChI is InChI=1S/C30H34ClN3O6S/c1-19-3-8-24(9-4-19)40-30(36)34-15-13-25-26-17-21(31)7-12-27(26)33-28(25)29(34)20-5-10-23(11-6-20)39-16-14-22(35)18-32-41(2,37)38/h3-12,17,22,26-27,29,32-33,35H,13-16,18H2,1-2H3/t22?,26?,27?,29-/m0/s1. The quantitative estimate of drug-likeness (QED) is 0.396. The number of rotatable bonds is 9. The summed E-state index contributed by atoms with van der Waals surface area (Å²) < 4.78 is 36.3. The van der Waals surface area contributed by atoms with Crippen LogP contribution in [0.15, 0.2) is 83.1 Å². The molecule has 3 N–H and O–H groups in total. The molecule has 4 atom stereocenters. The van der Waals surface area contributed by atoms with Gasteiger partial charge in [0, 0.05) is 36.2 Å². The van der Waals surface area contributed by atoms with E-state index in [2.05, 4.69) is 22.2 Å². The number of hydrogen-bond acceptors (Lipinski definition) is 7. The van der Waals surface area contributed by atoms with Gasteiger partial charge in [0.05, 0.1) is 25.0 Å². The van der Waals surface area contributed by atoms with Crippen molar-refractivity contribution < 1.29 is 27.8 Å². The third-order valence-electron chi connectivity index (χ3n) is 7.42. The fourth-order valence-electron chi connectivity index (χ4n) is 5.35. The summed E-state index contributed by atoms with van der Waals surface area (Å²) in [7, 11) is -3.37. The number of hydrogen-bond donors (Lipinski definition) is 3.